The molecule has 0 aliphatic rings. The summed E-state index contributed by atoms with van der Waals surface area (Å²) in [5.74, 6) is -1.20. The SMILES string of the molecule is Cc1nn(C)c(C)c1C(=O)NC(CC(C)C)C(=O)O. The molecule has 0 bridgehead atoms. The van der Waals surface area contributed by atoms with Crippen molar-refractivity contribution in [1.82, 2.24) is 15.1 Å². The lowest BCUT2D eigenvalue weighted by Crippen LogP contribution is -2.42. The van der Waals surface area contributed by atoms with Crippen LogP contribution in [0.2, 0.25) is 0 Å². The quantitative estimate of drug-likeness (QED) is 0.841. The Hall–Kier alpha value is -1.85. The van der Waals surface area contributed by atoms with Gasteiger partial charge in [0.2, 0.25) is 0 Å². The fourth-order valence-corrected chi connectivity index (χ4v) is 2.03. The van der Waals surface area contributed by atoms with Gasteiger partial charge in [0.25, 0.3) is 5.91 Å². The Morgan fingerprint density at radius 3 is 2.32 bits per heavy atom. The molecule has 1 unspecified atom stereocenters. The van der Waals surface area contributed by atoms with E-state index in [1.54, 1.807) is 25.6 Å². The zero-order valence-corrected chi connectivity index (χ0v) is 12.0. The van der Waals surface area contributed by atoms with E-state index in [1.165, 1.54) is 0 Å². The molecule has 106 valence electrons. The highest BCUT2D eigenvalue weighted by molar-refractivity contribution is 5.98. The number of hydrogen-bond donors (Lipinski definition) is 2. The van der Waals surface area contributed by atoms with Crippen molar-refractivity contribution in [1.29, 1.82) is 0 Å². The van der Waals surface area contributed by atoms with Gasteiger partial charge in [-0.15, -0.1) is 0 Å². The Balaban J connectivity index is 2.91. The summed E-state index contributed by atoms with van der Waals surface area (Å²) in [6.45, 7) is 7.36. The molecule has 0 saturated heterocycles. The van der Waals surface area contributed by atoms with Gasteiger partial charge in [-0.1, -0.05) is 13.8 Å². The fourth-order valence-electron chi connectivity index (χ4n) is 2.03. The van der Waals surface area contributed by atoms with Crippen LogP contribution in [0.3, 0.4) is 0 Å². The van der Waals surface area contributed by atoms with Crippen LogP contribution in [0.15, 0.2) is 0 Å². The predicted molar refractivity (Wildman–Crippen MR) is 71.0 cm³/mol. The molecule has 0 spiro atoms. The maximum atomic E-state index is 12.2. The summed E-state index contributed by atoms with van der Waals surface area (Å²) in [4.78, 5) is 23.3. The minimum Gasteiger partial charge on any atom is -0.480 e. The van der Waals surface area contributed by atoms with Crippen molar-refractivity contribution in [2.45, 2.75) is 40.2 Å². The predicted octanol–water partition coefficient (Wildman–Crippen LogP) is 1.27. The third-order valence-corrected chi connectivity index (χ3v) is 3.05. The van der Waals surface area contributed by atoms with Crippen molar-refractivity contribution in [3.8, 4) is 0 Å². The first kappa shape index (κ1) is 15.2. The van der Waals surface area contributed by atoms with Gasteiger partial charge in [0.05, 0.1) is 11.3 Å². The molecule has 1 aromatic heterocycles. The molecule has 0 aliphatic carbocycles. The lowest BCUT2D eigenvalue weighted by atomic mass is 10.0. The zero-order valence-electron chi connectivity index (χ0n) is 12.0. The van der Waals surface area contributed by atoms with Crippen molar-refractivity contribution < 1.29 is 14.7 Å². The number of carbonyl (C=O) groups is 2. The molecule has 1 atom stereocenters. The van der Waals surface area contributed by atoms with Crippen LogP contribution < -0.4 is 5.32 Å². The van der Waals surface area contributed by atoms with E-state index in [2.05, 4.69) is 10.4 Å². The van der Waals surface area contributed by atoms with Crippen LogP contribution in [0.1, 0.15) is 42.0 Å². The average molecular weight is 267 g/mol. The van der Waals surface area contributed by atoms with Crippen molar-refractivity contribution in [3.63, 3.8) is 0 Å². The highest BCUT2D eigenvalue weighted by Crippen LogP contribution is 2.13. The third kappa shape index (κ3) is 3.56. The smallest absolute Gasteiger partial charge is 0.326 e. The number of aliphatic carboxylic acids is 1. The number of rotatable bonds is 5. The highest BCUT2D eigenvalue weighted by atomic mass is 16.4. The lowest BCUT2D eigenvalue weighted by Gasteiger charge is -2.16. The Labute approximate surface area is 112 Å². The van der Waals surface area contributed by atoms with Gasteiger partial charge < -0.3 is 10.4 Å². The van der Waals surface area contributed by atoms with Crippen LogP contribution in [0.25, 0.3) is 0 Å². The molecule has 1 rings (SSSR count). The molecule has 1 heterocycles. The van der Waals surface area contributed by atoms with E-state index < -0.39 is 12.0 Å². The van der Waals surface area contributed by atoms with E-state index in [0.29, 0.717) is 17.7 Å². The highest BCUT2D eigenvalue weighted by Gasteiger charge is 2.24. The molecule has 0 aliphatic heterocycles. The number of nitrogens with zero attached hydrogens (tertiary/aromatic N) is 2. The maximum Gasteiger partial charge on any atom is 0.326 e. The summed E-state index contributed by atoms with van der Waals surface area (Å²) in [5.41, 5.74) is 1.78. The van der Waals surface area contributed by atoms with Crippen molar-refractivity contribution in [2.75, 3.05) is 0 Å². The Bertz CT molecular complexity index is 492. The summed E-state index contributed by atoms with van der Waals surface area (Å²) in [5, 5.41) is 15.8. The van der Waals surface area contributed by atoms with Gasteiger partial charge in [-0.25, -0.2) is 4.79 Å². The van der Waals surface area contributed by atoms with Gasteiger partial charge in [0.1, 0.15) is 6.04 Å². The number of carboxylic acid groups (broad SMARTS) is 1. The second-order valence-electron chi connectivity index (χ2n) is 5.16. The fraction of sp³-hybridized carbons (Fsp3) is 0.615. The minimum absolute atomic E-state index is 0.192. The van der Waals surface area contributed by atoms with Gasteiger partial charge in [-0.2, -0.15) is 5.10 Å². The molecule has 0 fully saturated rings. The van der Waals surface area contributed by atoms with E-state index in [0.717, 1.165) is 5.69 Å². The first-order valence-electron chi connectivity index (χ1n) is 6.27. The number of carbonyl (C=O) groups excluding carboxylic acids is 1. The largest absolute Gasteiger partial charge is 0.480 e. The number of aryl methyl sites for hydroxylation is 2. The molecule has 0 aromatic carbocycles. The third-order valence-electron chi connectivity index (χ3n) is 3.05. The summed E-state index contributed by atoms with van der Waals surface area (Å²) in [6.07, 6.45) is 0.402. The van der Waals surface area contributed by atoms with Crippen molar-refractivity contribution in [2.24, 2.45) is 13.0 Å². The topological polar surface area (TPSA) is 84.2 Å². The second kappa shape index (κ2) is 5.86. The molecule has 1 amide bonds. The summed E-state index contributed by atoms with van der Waals surface area (Å²) < 4.78 is 1.61. The molecule has 6 heteroatoms. The maximum absolute atomic E-state index is 12.2. The number of carboxylic acids is 1. The van der Waals surface area contributed by atoms with Gasteiger partial charge in [-0.3, -0.25) is 9.48 Å². The van der Waals surface area contributed by atoms with Crippen LogP contribution in [0.5, 0.6) is 0 Å². The van der Waals surface area contributed by atoms with Crippen LogP contribution in [-0.4, -0.2) is 32.8 Å². The zero-order chi connectivity index (χ0) is 14.7. The normalized spacial score (nSPS) is 12.5. The Morgan fingerprint density at radius 2 is 1.95 bits per heavy atom. The Morgan fingerprint density at radius 1 is 1.37 bits per heavy atom. The molecule has 19 heavy (non-hydrogen) atoms. The molecule has 1 aromatic rings. The monoisotopic (exact) mass is 267 g/mol. The van der Waals surface area contributed by atoms with E-state index >= 15 is 0 Å². The summed E-state index contributed by atoms with van der Waals surface area (Å²) >= 11 is 0. The van der Waals surface area contributed by atoms with Crippen LogP contribution in [0.4, 0.5) is 0 Å². The first-order chi connectivity index (χ1) is 8.73. The lowest BCUT2D eigenvalue weighted by molar-refractivity contribution is -0.139. The standard InChI is InChI=1S/C13H21N3O3/c1-7(2)6-10(13(18)19)14-12(17)11-8(3)15-16(5)9(11)4/h7,10H,6H2,1-5H3,(H,14,17)(H,18,19). The molecular formula is C13H21N3O3. The van der Waals surface area contributed by atoms with Gasteiger partial charge in [0.15, 0.2) is 0 Å². The number of hydrogen-bond acceptors (Lipinski definition) is 3. The van der Waals surface area contributed by atoms with Crippen LogP contribution in [0, 0.1) is 19.8 Å². The molecule has 0 radical (unpaired) electrons. The molecular weight excluding hydrogens is 246 g/mol. The van der Waals surface area contributed by atoms with Gasteiger partial charge >= 0.3 is 5.97 Å². The molecule has 0 saturated carbocycles. The summed E-state index contributed by atoms with van der Waals surface area (Å²) in [7, 11) is 1.75. The van der Waals surface area contributed by atoms with Crippen molar-refractivity contribution >= 4 is 11.9 Å². The van der Waals surface area contributed by atoms with Gasteiger partial charge in [0, 0.05) is 12.7 Å². The number of aromatic nitrogens is 2. The number of amides is 1. The first-order valence-corrected chi connectivity index (χ1v) is 6.27. The number of nitrogens with one attached hydrogen (secondary N) is 1. The van der Waals surface area contributed by atoms with E-state index in [9.17, 15) is 9.59 Å². The van der Waals surface area contributed by atoms with Gasteiger partial charge in [-0.05, 0) is 26.2 Å². The molecule has 2 N–H and O–H groups in total. The summed E-state index contributed by atoms with van der Waals surface area (Å²) in [6, 6.07) is -0.869. The second-order valence-corrected chi connectivity index (χ2v) is 5.16. The van der Waals surface area contributed by atoms with Crippen molar-refractivity contribution in [3.05, 3.63) is 17.0 Å². The van der Waals surface area contributed by atoms with E-state index in [1.807, 2.05) is 13.8 Å². The van der Waals surface area contributed by atoms with Crippen LogP contribution in [-0.2, 0) is 11.8 Å². The Kier molecular flexibility index (Phi) is 4.69. The van der Waals surface area contributed by atoms with E-state index in [-0.39, 0.29) is 11.8 Å². The molecule has 6 nitrogen and oxygen atoms in total. The average Bonchev–Trinajstić information content (AvgIpc) is 2.51. The van der Waals surface area contributed by atoms with E-state index in [4.69, 9.17) is 5.11 Å². The minimum atomic E-state index is -1.01. The van der Waals surface area contributed by atoms with Crippen LogP contribution >= 0.6 is 0 Å².